The summed E-state index contributed by atoms with van der Waals surface area (Å²) in [7, 11) is 0. The Morgan fingerprint density at radius 3 is 2.52 bits per heavy atom. The highest BCUT2D eigenvalue weighted by Gasteiger charge is 2.45. The van der Waals surface area contributed by atoms with Crippen molar-refractivity contribution in [3.05, 3.63) is 57.5 Å². The van der Waals surface area contributed by atoms with Crippen molar-refractivity contribution < 1.29 is 24.2 Å². The molecule has 1 aliphatic carbocycles. The number of benzene rings is 1. The van der Waals surface area contributed by atoms with Crippen LogP contribution in [0, 0.1) is 11.7 Å². The number of hydrogen-bond donors (Lipinski definition) is 4. The van der Waals surface area contributed by atoms with Crippen molar-refractivity contribution in [1.29, 1.82) is 0 Å². The Kier molecular flexibility index (Phi) is 5.38. The van der Waals surface area contributed by atoms with Gasteiger partial charge < -0.3 is 20.8 Å². The average Bonchev–Trinajstić information content (AvgIpc) is 3.01. The molecule has 0 spiro atoms. The van der Waals surface area contributed by atoms with E-state index in [4.69, 9.17) is 5.11 Å². The lowest BCUT2D eigenvalue weighted by Gasteiger charge is -2.36. The van der Waals surface area contributed by atoms with Crippen LogP contribution >= 0.6 is 0 Å². The summed E-state index contributed by atoms with van der Waals surface area (Å²) in [5, 5.41) is 24.5. The molecule has 164 valence electrons. The molecule has 1 aromatic heterocycles. The minimum atomic E-state index is -1.18. The van der Waals surface area contributed by atoms with Crippen LogP contribution < -0.4 is 16.2 Å². The third kappa shape index (κ3) is 3.97. The van der Waals surface area contributed by atoms with Crippen LogP contribution in [0.25, 0.3) is 0 Å². The van der Waals surface area contributed by atoms with Gasteiger partial charge in [0.25, 0.3) is 11.5 Å². The van der Waals surface area contributed by atoms with E-state index in [2.05, 4.69) is 15.6 Å². The lowest BCUT2D eigenvalue weighted by molar-refractivity contribution is 0.0940. The third-order valence-electron chi connectivity index (χ3n) is 6.28. The molecule has 2 aliphatic heterocycles. The largest absolute Gasteiger partial charge is 0.501 e. The van der Waals surface area contributed by atoms with Gasteiger partial charge in [0.1, 0.15) is 11.6 Å². The van der Waals surface area contributed by atoms with Gasteiger partial charge in [0.15, 0.2) is 5.69 Å². The van der Waals surface area contributed by atoms with Gasteiger partial charge >= 0.3 is 6.09 Å². The Balaban J connectivity index is 1.68. The van der Waals surface area contributed by atoms with Crippen molar-refractivity contribution in [2.45, 2.75) is 44.2 Å². The van der Waals surface area contributed by atoms with Crippen LogP contribution in [0.2, 0.25) is 0 Å². The minimum Gasteiger partial charge on any atom is -0.501 e. The quantitative estimate of drug-likeness (QED) is 0.571. The summed E-state index contributed by atoms with van der Waals surface area (Å²) in [5.41, 5.74) is -1.17. The van der Waals surface area contributed by atoms with E-state index in [1.54, 1.807) is 0 Å². The van der Waals surface area contributed by atoms with Gasteiger partial charge in [-0.25, -0.2) is 14.2 Å². The predicted molar refractivity (Wildman–Crippen MR) is 107 cm³/mol. The molecule has 0 saturated heterocycles. The molecule has 2 amide bonds. The highest BCUT2D eigenvalue weighted by atomic mass is 19.1. The first-order chi connectivity index (χ1) is 14.8. The van der Waals surface area contributed by atoms with E-state index in [1.165, 1.54) is 28.8 Å². The van der Waals surface area contributed by atoms with Crippen LogP contribution in [0.3, 0.4) is 0 Å². The van der Waals surface area contributed by atoms with E-state index in [9.17, 15) is 23.9 Å². The van der Waals surface area contributed by atoms with Gasteiger partial charge in [0, 0.05) is 25.0 Å². The number of halogens is 1. The number of nitrogens with zero attached hydrogens (tertiary/aromatic N) is 2. The van der Waals surface area contributed by atoms with Crippen LogP contribution in [0.1, 0.15) is 47.6 Å². The molecule has 9 nitrogen and oxygen atoms in total. The molecule has 31 heavy (non-hydrogen) atoms. The number of carbonyl (C=O) groups is 2. The Labute approximate surface area is 176 Å². The highest BCUT2D eigenvalue weighted by molar-refractivity contribution is 5.94. The lowest BCUT2D eigenvalue weighted by Crippen LogP contribution is -2.45. The van der Waals surface area contributed by atoms with E-state index in [0.29, 0.717) is 30.8 Å². The van der Waals surface area contributed by atoms with Gasteiger partial charge in [-0.15, -0.1) is 0 Å². The lowest BCUT2D eigenvalue weighted by atomic mass is 9.71. The Morgan fingerprint density at radius 2 is 1.87 bits per heavy atom. The molecule has 5 rings (SSSR count). The molecule has 1 saturated carbocycles. The number of aromatic nitrogens is 2. The topological polar surface area (TPSA) is 134 Å². The number of carboxylic acid groups (broad SMARTS) is 1. The summed E-state index contributed by atoms with van der Waals surface area (Å²) in [6, 6.07) is 5.56. The van der Waals surface area contributed by atoms with E-state index >= 15 is 0 Å². The number of hydrogen-bond acceptors (Lipinski definition) is 5. The molecule has 3 aliphatic rings. The average molecular weight is 430 g/mol. The van der Waals surface area contributed by atoms with Gasteiger partial charge in [0.05, 0.1) is 0 Å². The smallest absolute Gasteiger partial charge is 0.404 e. The zero-order valence-electron chi connectivity index (χ0n) is 16.7. The van der Waals surface area contributed by atoms with Crippen LogP contribution in [0.5, 0.6) is 5.75 Å². The first-order valence-electron chi connectivity index (χ1n) is 10.1. The molecule has 0 radical (unpaired) electrons. The van der Waals surface area contributed by atoms with Crippen LogP contribution in [0.4, 0.5) is 9.18 Å². The van der Waals surface area contributed by atoms with Gasteiger partial charge in [-0.1, -0.05) is 12.1 Å². The second-order valence-corrected chi connectivity index (χ2v) is 8.24. The number of aromatic hydroxyl groups is 1. The number of carbonyl (C=O) groups excluding carboxylic acids is 1. The molecule has 2 aromatic rings. The Hall–Kier alpha value is -3.43. The summed E-state index contributed by atoms with van der Waals surface area (Å²) in [6.07, 6.45) is 1.69. The summed E-state index contributed by atoms with van der Waals surface area (Å²) >= 11 is 0. The second kappa shape index (κ2) is 8.01. The number of nitrogens with one attached hydrogen (secondary N) is 2. The van der Waals surface area contributed by atoms with Crippen LogP contribution in [-0.4, -0.2) is 38.3 Å². The standard InChI is InChI=1S/C21H23FN4O5/c22-14-3-1-12(2-4-14)9-23-17(28)15-16(27)18(29)26-10-13-5-7-21(8-6-13,19(26)25-15)11-24-20(30)31/h1-4,13,24,27H,5-11H2,(H,23,28)(H,30,31). The van der Waals surface area contributed by atoms with Crippen LogP contribution in [-0.2, 0) is 18.5 Å². The summed E-state index contributed by atoms with van der Waals surface area (Å²) in [5.74, 6) is -1.30. The molecule has 0 unspecified atom stereocenters. The maximum absolute atomic E-state index is 13.1. The number of rotatable bonds is 5. The molecule has 1 fully saturated rings. The van der Waals surface area contributed by atoms with Crippen molar-refractivity contribution in [2.75, 3.05) is 6.54 Å². The van der Waals surface area contributed by atoms with E-state index < -0.39 is 40.2 Å². The second-order valence-electron chi connectivity index (χ2n) is 8.24. The van der Waals surface area contributed by atoms with E-state index in [-0.39, 0.29) is 19.0 Å². The fraction of sp³-hybridized carbons (Fsp3) is 0.429. The molecule has 3 heterocycles. The Morgan fingerprint density at radius 1 is 1.19 bits per heavy atom. The first-order valence-corrected chi connectivity index (χ1v) is 10.1. The molecular formula is C21H23FN4O5. The summed E-state index contributed by atoms with van der Waals surface area (Å²) in [6.45, 7) is 0.510. The molecule has 0 atom stereocenters. The van der Waals surface area contributed by atoms with Crippen molar-refractivity contribution in [1.82, 2.24) is 20.2 Å². The maximum Gasteiger partial charge on any atom is 0.404 e. The monoisotopic (exact) mass is 430 g/mol. The number of amides is 2. The minimum absolute atomic E-state index is 0.0619. The number of fused-ring (bicyclic) bond motifs is 2. The fourth-order valence-electron chi connectivity index (χ4n) is 4.54. The summed E-state index contributed by atoms with van der Waals surface area (Å²) < 4.78 is 14.4. The van der Waals surface area contributed by atoms with Gasteiger partial charge in [-0.05, 0) is 49.3 Å². The predicted octanol–water partition coefficient (Wildman–Crippen LogP) is 1.73. The highest BCUT2D eigenvalue weighted by Crippen LogP contribution is 2.44. The molecular weight excluding hydrogens is 407 g/mol. The first kappa shape index (κ1) is 20.8. The summed E-state index contributed by atoms with van der Waals surface area (Å²) in [4.78, 5) is 41.2. The van der Waals surface area contributed by atoms with Gasteiger partial charge in [-0.2, -0.15) is 0 Å². The Bertz CT molecular complexity index is 1070. The van der Waals surface area contributed by atoms with E-state index in [1.807, 2.05) is 0 Å². The molecule has 2 bridgehead atoms. The van der Waals surface area contributed by atoms with Gasteiger partial charge in [0.2, 0.25) is 5.75 Å². The van der Waals surface area contributed by atoms with Crippen LogP contribution in [0.15, 0.2) is 29.1 Å². The zero-order valence-corrected chi connectivity index (χ0v) is 16.7. The van der Waals surface area contributed by atoms with Crippen molar-refractivity contribution in [3.63, 3.8) is 0 Å². The molecule has 4 N–H and O–H groups in total. The van der Waals surface area contributed by atoms with E-state index in [0.717, 1.165) is 12.8 Å². The SMILES string of the molecule is O=C(O)NCC12CCC(CC1)Cn1c2nc(C(=O)NCc2ccc(F)cc2)c(O)c1=O. The molecule has 1 aromatic carbocycles. The molecule has 10 heteroatoms. The fourth-order valence-corrected chi connectivity index (χ4v) is 4.54. The third-order valence-corrected chi connectivity index (χ3v) is 6.28. The van der Waals surface area contributed by atoms with Crippen molar-refractivity contribution in [2.24, 2.45) is 5.92 Å². The normalized spacial score (nSPS) is 21.8. The zero-order chi connectivity index (χ0) is 22.2. The van der Waals surface area contributed by atoms with Gasteiger partial charge in [-0.3, -0.25) is 14.2 Å². The maximum atomic E-state index is 13.1. The van der Waals surface area contributed by atoms with Crippen molar-refractivity contribution in [3.8, 4) is 5.75 Å². The van der Waals surface area contributed by atoms with Crippen molar-refractivity contribution >= 4 is 12.0 Å².